The third kappa shape index (κ3) is 2.75. The molecule has 1 saturated heterocycles. The second kappa shape index (κ2) is 5.51. The van der Waals surface area contributed by atoms with Crippen LogP contribution in [0, 0.1) is 0 Å². The van der Waals surface area contributed by atoms with Crippen molar-refractivity contribution in [1.29, 1.82) is 0 Å². The van der Waals surface area contributed by atoms with Gasteiger partial charge in [-0.05, 0) is 30.9 Å². The largest absolute Gasteiger partial charge is 0.351 e. The van der Waals surface area contributed by atoms with Crippen molar-refractivity contribution in [2.24, 2.45) is 0 Å². The summed E-state index contributed by atoms with van der Waals surface area (Å²) in [6.45, 7) is 2.44. The summed E-state index contributed by atoms with van der Waals surface area (Å²) in [5.41, 5.74) is 0.770. The van der Waals surface area contributed by atoms with Crippen molar-refractivity contribution >= 4 is 27.5 Å². The molecule has 3 rings (SSSR count). The van der Waals surface area contributed by atoms with Crippen LogP contribution in [-0.2, 0) is 20.2 Å². The first-order valence-electron chi connectivity index (χ1n) is 7.38. The number of sulfonamides is 1. The van der Waals surface area contributed by atoms with Crippen LogP contribution in [0.4, 0.5) is 0 Å². The Kier molecular flexibility index (Phi) is 3.95. The van der Waals surface area contributed by atoms with E-state index in [1.807, 2.05) is 31.2 Å². The van der Waals surface area contributed by atoms with Crippen molar-refractivity contribution in [3.8, 4) is 0 Å². The van der Waals surface area contributed by atoms with Crippen molar-refractivity contribution in [3.05, 3.63) is 34.9 Å². The fraction of sp³-hybridized carbons (Fsp3) is 0.533. The smallest absolute Gasteiger partial charge is 0.240 e. The van der Waals surface area contributed by atoms with Gasteiger partial charge >= 0.3 is 0 Å². The van der Waals surface area contributed by atoms with E-state index < -0.39 is 21.2 Å². The van der Waals surface area contributed by atoms with Crippen LogP contribution in [0.5, 0.6) is 0 Å². The predicted octanol–water partition coefficient (Wildman–Crippen LogP) is 1.57. The van der Waals surface area contributed by atoms with E-state index in [9.17, 15) is 13.2 Å². The third-order valence-corrected chi connectivity index (χ3v) is 6.79. The molecule has 1 aromatic carbocycles. The molecule has 3 atom stereocenters. The lowest BCUT2D eigenvalue weighted by Crippen LogP contribution is -2.49. The van der Waals surface area contributed by atoms with Gasteiger partial charge in [-0.15, -0.1) is 0 Å². The Hall–Kier alpha value is -1.11. The van der Waals surface area contributed by atoms with Gasteiger partial charge in [0.2, 0.25) is 15.9 Å². The number of carbonyl (C=O) groups is 1. The van der Waals surface area contributed by atoms with Gasteiger partial charge in [0.05, 0.1) is 0 Å². The molecule has 0 spiro atoms. The molecule has 5 nitrogen and oxygen atoms in total. The van der Waals surface area contributed by atoms with Crippen LogP contribution in [0.3, 0.4) is 0 Å². The summed E-state index contributed by atoms with van der Waals surface area (Å²) in [4.78, 5) is 12.3. The molecule has 0 radical (unpaired) electrons. The summed E-state index contributed by atoms with van der Waals surface area (Å²) in [5.74, 6) is -0.409. The van der Waals surface area contributed by atoms with Crippen molar-refractivity contribution in [1.82, 2.24) is 10.0 Å². The lowest BCUT2D eigenvalue weighted by Gasteiger charge is -2.23. The van der Waals surface area contributed by atoms with Gasteiger partial charge < -0.3 is 5.32 Å². The Morgan fingerprint density at radius 1 is 1.41 bits per heavy atom. The van der Waals surface area contributed by atoms with Crippen molar-refractivity contribution in [2.45, 2.75) is 42.9 Å². The number of hydrogen-bond acceptors (Lipinski definition) is 3. The number of rotatable bonds is 3. The quantitative estimate of drug-likeness (QED) is 0.875. The molecular formula is C15H19ClN2O3S. The summed E-state index contributed by atoms with van der Waals surface area (Å²) in [7, 11) is -3.54. The standard InChI is InChI=1S/C15H19ClN2O3S/c1-15(10-5-2-3-6-11(10)16)9-13(15)18-14(19)12-7-4-8-17-22(12,20)21/h2-3,5-6,12-13,17H,4,7-9H2,1H3,(H,18,19). The van der Waals surface area contributed by atoms with E-state index in [2.05, 4.69) is 10.0 Å². The molecule has 120 valence electrons. The molecule has 1 saturated carbocycles. The zero-order chi connectivity index (χ0) is 16.0. The zero-order valence-corrected chi connectivity index (χ0v) is 13.9. The van der Waals surface area contributed by atoms with Crippen LogP contribution in [0.15, 0.2) is 24.3 Å². The van der Waals surface area contributed by atoms with Crippen LogP contribution in [0.2, 0.25) is 5.02 Å². The van der Waals surface area contributed by atoms with Crippen LogP contribution >= 0.6 is 11.6 Å². The second-order valence-electron chi connectivity index (χ2n) is 6.23. The van der Waals surface area contributed by atoms with E-state index in [1.54, 1.807) is 0 Å². The molecule has 2 aliphatic rings. The summed E-state index contributed by atoms with van der Waals surface area (Å²) >= 11 is 6.23. The average Bonchev–Trinajstić information content (AvgIpc) is 3.09. The van der Waals surface area contributed by atoms with Crippen LogP contribution < -0.4 is 10.0 Å². The summed E-state index contributed by atoms with van der Waals surface area (Å²) in [5, 5.41) is 2.56. The molecule has 1 heterocycles. The van der Waals surface area contributed by atoms with Crippen molar-refractivity contribution in [2.75, 3.05) is 6.54 Å². The Labute approximate surface area is 135 Å². The molecule has 1 aromatic rings. The van der Waals surface area contributed by atoms with Crippen LogP contribution in [0.1, 0.15) is 31.7 Å². The topological polar surface area (TPSA) is 75.3 Å². The summed E-state index contributed by atoms with van der Waals surface area (Å²) in [6.07, 6.45) is 1.82. The highest BCUT2D eigenvalue weighted by molar-refractivity contribution is 7.90. The second-order valence-corrected chi connectivity index (χ2v) is 8.59. The minimum atomic E-state index is -3.54. The maximum atomic E-state index is 12.3. The van der Waals surface area contributed by atoms with E-state index in [-0.39, 0.29) is 11.5 Å². The highest BCUT2D eigenvalue weighted by Crippen LogP contribution is 2.50. The fourth-order valence-electron chi connectivity index (χ4n) is 3.09. The van der Waals surface area contributed by atoms with Crippen LogP contribution in [0.25, 0.3) is 0 Å². The highest BCUT2D eigenvalue weighted by atomic mass is 35.5. The monoisotopic (exact) mass is 342 g/mol. The van der Waals surface area contributed by atoms with Crippen LogP contribution in [-0.4, -0.2) is 32.2 Å². The van der Waals surface area contributed by atoms with Gasteiger partial charge in [-0.2, -0.15) is 0 Å². The van der Waals surface area contributed by atoms with Gasteiger partial charge in [-0.3, -0.25) is 4.79 Å². The number of hydrogen-bond donors (Lipinski definition) is 2. The minimum Gasteiger partial charge on any atom is -0.351 e. The Bertz CT molecular complexity index is 706. The molecule has 0 bridgehead atoms. The van der Waals surface area contributed by atoms with E-state index in [0.29, 0.717) is 24.4 Å². The molecule has 3 unspecified atom stereocenters. The average molecular weight is 343 g/mol. The number of amides is 1. The Morgan fingerprint density at radius 2 is 2.14 bits per heavy atom. The number of carbonyl (C=O) groups excluding carboxylic acids is 1. The normalized spacial score (nSPS) is 33.2. The number of benzene rings is 1. The van der Waals surface area contributed by atoms with Gasteiger partial charge in [0.15, 0.2) is 5.25 Å². The Balaban J connectivity index is 1.71. The third-order valence-electron chi connectivity index (χ3n) is 4.66. The first-order chi connectivity index (χ1) is 10.3. The molecular weight excluding hydrogens is 324 g/mol. The molecule has 2 N–H and O–H groups in total. The molecule has 2 fully saturated rings. The van der Waals surface area contributed by atoms with E-state index in [1.165, 1.54) is 0 Å². The molecule has 0 aromatic heterocycles. The lowest BCUT2D eigenvalue weighted by atomic mass is 9.97. The van der Waals surface area contributed by atoms with Gasteiger partial charge in [0.1, 0.15) is 0 Å². The zero-order valence-electron chi connectivity index (χ0n) is 12.3. The van der Waals surface area contributed by atoms with E-state index >= 15 is 0 Å². The summed E-state index contributed by atoms with van der Waals surface area (Å²) < 4.78 is 26.3. The van der Waals surface area contributed by atoms with Gasteiger partial charge in [0.25, 0.3) is 0 Å². The molecule has 1 amide bonds. The van der Waals surface area contributed by atoms with Crippen molar-refractivity contribution < 1.29 is 13.2 Å². The molecule has 7 heteroatoms. The number of halogens is 1. The lowest BCUT2D eigenvalue weighted by molar-refractivity contribution is -0.121. The van der Waals surface area contributed by atoms with Gasteiger partial charge in [-0.1, -0.05) is 36.7 Å². The highest BCUT2D eigenvalue weighted by Gasteiger charge is 2.54. The SMILES string of the molecule is CC1(c2ccccc2Cl)CC1NC(=O)C1CCCNS1(=O)=O. The first kappa shape index (κ1) is 15.8. The summed E-state index contributed by atoms with van der Waals surface area (Å²) in [6, 6.07) is 7.49. The molecule has 1 aliphatic carbocycles. The maximum Gasteiger partial charge on any atom is 0.240 e. The van der Waals surface area contributed by atoms with Crippen molar-refractivity contribution in [3.63, 3.8) is 0 Å². The first-order valence-corrected chi connectivity index (χ1v) is 9.31. The van der Waals surface area contributed by atoms with E-state index in [4.69, 9.17) is 11.6 Å². The maximum absolute atomic E-state index is 12.3. The van der Waals surface area contributed by atoms with Gasteiger partial charge in [0, 0.05) is 23.0 Å². The molecule has 22 heavy (non-hydrogen) atoms. The van der Waals surface area contributed by atoms with Gasteiger partial charge in [-0.25, -0.2) is 13.1 Å². The number of nitrogens with one attached hydrogen (secondary N) is 2. The predicted molar refractivity (Wildman–Crippen MR) is 85.3 cm³/mol. The van der Waals surface area contributed by atoms with E-state index in [0.717, 1.165) is 12.0 Å². The Morgan fingerprint density at radius 3 is 2.82 bits per heavy atom. The minimum absolute atomic E-state index is 0.0722. The fourth-order valence-corrected chi connectivity index (χ4v) is 4.90. The molecule has 1 aliphatic heterocycles.